The molecule has 8 heterocycles. The van der Waals surface area contributed by atoms with Gasteiger partial charge in [0.25, 0.3) is 11.8 Å². The fraction of sp³-hybridized carbons (Fsp3) is 0.167. The van der Waals surface area contributed by atoms with Crippen molar-refractivity contribution in [2.24, 2.45) is 5.92 Å². The van der Waals surface area contributed by atoms with Gasteiger partial charge in [-0.2, -0.15) is 31.2 Å². The minimum atomic E-state index is -4.59. The maximum atomic E-state index is 13.0. The van der Waals surface area contributed by atoms with Crippen LogP contribution in [0, 0.1) is 5.92 Å². The molecule has 0 bridgehead atoms. The van der Waals surface area contributed by atoms with E-state index in [1.165, 1.54) is 25.7 Å². The maximum absolute atomic E-state index is 13.0. The molecule has 5 N–H and O–H groups in total. The Balaban J connectivity index is 0.000000131. The van der Waals surface area contributed by atoms with E-state index in [2.05, 4.69) is 78.4 Å². The van der Waals surface area contributed by atoms with Crippen LogP contribution in [0.5, 0.6) is 0 Å². The number of benzene rings is 4. The Hall–Kier alpha value is -9.62. The first-order valence-corrected chi connectivity index (χ1v) is 24.6. The predicted octanol–water partition coefficient (Wildman–Crippen LogP) is 8.27. The van der Waals surface area contributed by atoms with Gasteiger partial charge in [-0.3, -0.25) is 24.6 Å². The number of rotatable bonds is 10. The molecule has 0 aliphatic heterocycles. The maximum Gasteiger partial charge on any atom is 0.418 e. The van der Waals surface area contributed by atoms with E-state index in [9.17, 15) is 32.3 Å². The van der Waals surface area contributed by atoms with Crippen molar-refractivity contribution in [2.75, 3.05) is 18.5 Å². The Morgan fingerprint density at radius 1 is 0.593 bits per heavy atom. The Morgan fingerprint density at radius 3 is 1.59 bits per heavy atom. The third kappa shape index (κ3) is 11.9. The lowest BCUT2D eigenvalue weighted by Crippen LogP contribution is -2.26. The summed E-state index contributed by atoms with van der Waals surface area (Å²) in [4.78, 5) is 56.5. The number of carbonyl (C=O) groups is 4. The van der Waals surface area contributed by atoms with Crippen LogP contribution in [0.15, 0.2) is 97.1 Å². The average molecular weight is 1170 g/mol. The summed E-state index contributed by atoms with van der Waals surface area (Å²) in [6.07, 6.45) is -4.97. The van der Waals surface area contributed by atoms with Crippen LogP contribution in [-0.4, -0.2) is 127 Å². The van der Waals surface area contributed by atoms with Gasteiger partial charge >= 0.3 is 18.2 Å². The van der Waals surface area contributed by atoms with Crippen LogP contribution < -0.4 is 16.3 Å². The molecule has 12 rings (SSSR count). The number of carbonyl (C=O) groups excluding carboxylic acids is 2. The molecule has 0 spiro atoms. The Bertz CT molecular complexity index is 4390. The van der Waals surface area contributed by atoms with Gasteiger partial charge in [0.2, 0.25) is 5.65 Å². The van der Waals surface area contributed by atoms with Crippen LogP contribution in [0.2, 0.25) is 15.1 Å². The Labute approximate surface area is 464 Å². The monoisotopic (exact) mass is 1170 g/mol. The van der Waals surface area contributed by atoms with E-state index in [0.717, 1.165) is 39.2 Å². The molecule has 0 aliphatic rings. The van der Waals surface area contributed by atoms with Crippen molar-refractivity contribution in [1.82, 2.24) is 91.1 Å². The van der Waals surface area contributed by atoms with E-state index in [0.29, 0.717) is 84.5 Å². The molecule has 0 unspecified atom stereocenters. The number of hydrogen-bond donors (Lipinski definition) is 5. The Kier molecular flexibility index (Phi) is 16.5. The summed E-state index contributed by atoms with van der Waals surface area (Å²) in [5.41, 5.74) is 7.06. The third-order valence-corrected chi connectivity index (χ3v) is 12.2. The van der Waals surface area contributed by atoms with Crippen molar-refractivity contribution in [3.05, 3.63) is 134 Å². The van der Waals surface area contributed by atoms with Crippen LogP contribution in [-0.2, 0) is 15.9 Å². The molecule has 27 nitrogen and oxygen atoms in total. The topological polar surface area (TPSA) is 336 Å². The standard InChI is InChI=1S/C14H14ClN5O2.C13H12ClN5O2.C11H5F3N4O2.C10H6ClN5O2/c1-8(2)7-22-17-14(21)10-6-9-4-3-5-11(15)12(9)20-13(10)16-18-19-20;1-2-6-21-16-13(20)9-7-8-4-3-5-10(14)11(8)19-12(9)15-17-18-19;12-11(13,14)7-3-1-2-5-4-6(10(19)20)9-15-16-17-18(9)8(5)7;11-6-2-1-5-3-7(12-10(17)18)9-13-14-15-16(9)8(5)4-6/h3-6,8H,7H2,1-2H3,(H,17,21);3-5,7H,2,6H2,1H3,(H,16,20);1-4H,(H,19,20);1-4,12H,(H,17,18). The first-order valence-electron chi connectivity index (χ1n) is 23.5. The van der Waals surface area contributed by atoms with Gasteiger partial charge in [0.05, 0.1) is 67.7 Å². The number of hydroxylamine groups is 2. The second kappa shape index (κ2) is 23.8. The molecule has 0 aliphatic carbocycles. The normalized spacial score (nSPS) is 11.4. The second-order valence-corrected chi connectivity index (χ2v) is 18.6. The number of amides is 3. The number of aromatic nitrogens is 16. The van der Waals surface area contributed by atoms with Crippen molar-refractivity contribution >= 4 is 131 Å². The number of hydrogen-bond acceptors (Lipinski definition) is 18. The fourth-order valence-electron chi connectivity index (χ4n) is 7.92. The first-order chi connectivity index (χ1) is 38.8. The largest absolute Gasteiger partial charge is 0.478 e. The van der Waals surface area contributed by atoms with Gasteiger partial charge in [-0.1, -0.05) is 98.0 Å². The molecule has 0 radical (unpaired) electrons. The highest BCUT2D eigenvalue weighted by Crippen LogP contribution is 2.36. The first kappa shape index (κ1) is 56.1. The van der Waals surface area contributed by atoms with E-state index in [-0.39, 0.29) is 22.1 Å². The second-order valence-electron chi connectivity index (χ2n) is 17.3. The molecule has 8 aromatic heterocycles. The van der Waals surface area contributed by atoms with Crippen LogP contribution in [0.4, 0.5) is 23.7 Å². The van der Waals surface area contributed by atoms with E-state index >= 15 is 0 Å². The van der Waals surface area contributed by atoms with Gasteiger partial charge in [-0.15, -0.1) is 20.4 Å². The highest BCUT2D eigenvalue weighted by atomic mass is 35.5. The van der Waals surface area contributed by atoms with Crippen molar-refractivity contribution in [1.29, 1.82) is 0 Å². The summed E-state index contributed by atoms with van der Waals surface area (Å²) >= 11 is 18.3. The van der Waals surface area contributed by atoms with Crippen LogP contribution in [0.3, 0.4) is 0 Å². The van der Waals surface area contributed by atoms with Gasteiger partial charge < -0.3 is 10.2 Å². The summed E-state index contributed by atoms with van der Waals surface area (Å²) < 4.78 is 44.2. The minimum absolute atomic E-state index is 0.0945. The zero-order valence-electron chi connectivity index (χ0n) is 41.7. The number of halogens is 6. The molecule has 81 heavy (non-hydrogen) atoms. The summed E-state index contributed by atoms with van der Waals surface area (Å²) in [6, 6.07) is 25.6. The summed E-state index contributed by atoms with van der Waals surface area (Å²) in [5, 5.41) is 68.2. The number of nitrogens with one attached hydrogen (secondary N) is 3. The third-order valence-electron chi connectivity index (χ3n) is 11.3. The molecule has 414 valence electrons. The van der Waals surface area contributed by atoms with Crippen LogP contribution in [0.1, 0.15) is 63.8 Å². The molecule has 3 amide bonds. The number of aromatic carboxylic acids is 1. The van der Waals surface area contributed by atoms with E-state index in [4.69, 9.17) is 54.7 Å². The van der Waals surface area contributed by atoms with Gasteiger partial charge in [-0.05, 0) is 109 Å². The van der Waals surface area contributed by atoms with Gasteiger partial charge in [-0.25, -0.2) is 20.5 Å². The highest BCUT2D eigenvalue weighted by molar-refractivity contribution is 6.35. The quantitative estimate of drug-likeness (QED) is 0.0635. The average Bonchev–Trinajstić information content (AvgIpc) is 4.34. The van der Waals surface area contributed by atoms with Gasteiger partial charge in [0, 0.05) is 26.6 Å². The van der Waals surface area contributed by atoms with E-state index < -0.39 is 35.6 Å². The summed E-state index contributed by atoms with van der Waals surface area (Å²) in [7, 11) is 0. The molecule has 4 aromatic carbocycles. The molecule has 12 aromatic rings. The van der Waals surface area contributed by atoms with E-state index in [1.807, 2.05) is 32.9 Å². The number of alkyl halides is 3. The number of tetrazole rings is 4. The van der Waals surface area contributed by atoms with Gasteiger partial charge in [0.15, 0.2) is 16.9 Å². The highest BCUT2D eigenvalue weighted by Gasteiger charge is 2.34. The summed E-state index contributed by atoms with van der Waals surface area (Å²) in [6.45, 7) is 6.79. The molecule has 0 fully saturated rings. The summed E-state index contributed by atoms with van der Waals surface area (Å²) in [5.74, 6) is -1.80. The number of fused-ring (bicyclic) bond motifs is 12. The minimum Gasteiger partial charge on any atom is -0.478 e. The van der Waals surface area contributed by atoms with Crippen molar-refractivity contribution in [3.63, 3.8) is 0 Å². The number of carboxylic acids is 1. The molecule has 0 atom stereocenters. The molecule has 0 saturated heterocycles. The lowest BCUT2D eigenvalue weighted by atomic mass is 10.1. The van der Waals surface area contributed by atoms with Crippen LogP contribution in [0.25, 0.3) is 66.2 Å². The molecular weight excluding hydrogens is 1130 g/mol. The van der Waals surface area contributed by atoms with Crippen molar-refractivity contribution in [2.45, 2.75) is 33.4 Å². The van der Waals surface area contributed by atoms with E-state index in [1.54, 1.807) is 60.7 Å². The Morgan fingerprint density at radius 2 is 1.07 bits per heavy atom. The number of anilines is 1. The zero-order chi connectivity index (χ0) is 57.7. The molecular formula is C48H37Cl3F3N19O8. The predicted molar refractivity (Wildman–Crippen MR) is 284 cm³/mol. The number of para-hydroxylation sites is 3. The van der Waals surface area contributed by atoms with Gasteiger partial charge in [0.1, 0.15) is 5.56 Å². The number of nitrogens with zero attached hydrogens (tertiary/aromatic N) is 16. The zero-order valence-corrected chi connectivity index (χ0v) is 44.0. The van der Waals surface area contributed by atoms with Crippen molar-refractivity contribution in [3.8, 4) is 0 Å². The smallest absolute Gasteiger partial charge is 0.418 e. The fourth-order valence-corrected chi connectivity index (χ4v) is 8.62. The number of pyridine rings is 4. The SMILES string of the molecule is CC(C)CONC(=O)c1cc2cccc(Cl)c2n2nnnc12.CCCONC(=O)c1cc2cccc(Cl)c2n2nnnc12.O=C(O)Nc1cc2ccc(Cl)cc2n2nnnc12.O=C(O)c1cc2cccc(C(F)(F)F)c2n2nnnc12. The number of carboxylic acid groups (broad SMARTS) is 2. The van der Waals surface area contributed by atoms with Crippen LogP contribution >= 0.6 is 34.8 Å². The molecule has 33 heteroatoms. The lowest BCUT2D eigenvalue weighted by Gasteiger charge is -2.11. The van der Waals surface area contributed by atoms with Crippen molar-refractivity contribution < 1.29 is 52.2 Å². The lowest BCUT2D eigenvalue weighted by molar-refractivity contribution is -0.136. The molecule has 0 saturated carbocycles.